The molecule has 0 aromatic carbocycles. The third kappa shape index (κ3) is 4.26. The molecule has 1 heterocycles. The lowest BCUT2D eigenvalue weighted by atomic mass is 10.4. The summed E-state index contributed by atoms with van der Waals surface area (Å²) in [5, 5.41) is 16.9. The second kappa shape index (κ2) is 5.67. The number of aliphatic hydroxyl groups excluding tert-OH is 1. The van der Waals surface area contributed by atoms with Crippen LogP contribution in [0.2, 0.25) is 0 Å². The van der Waals surface area contributed by atoms with E-state index in [1.54, 1.807) is 18.3 Å². The zero-order valence-electron chi connectivity index (χ0n) is 8.78. The van der Waals surface area contributed by atoms with Gasteiger partial charge in [-0.05, 0) is 13.8 Å². The van der Waals surface area contributed by atoms with Crippen LogP contribution in [0.1, 0.15) is 17.6 Å². The summed E-state index contributed by atoms with van der Waals surface area (Å²) in [7, 11) is 0. The number of nitrogens with one attached hydrogen (secondary N) is 2. The molecule has 15 heavy (non-hydrogen) atoms. The summed E-state index contributed by atoms with van der Waals surface area (Å²) in [4.78, 5) is 15.4. The summed E-state index contributed by atoms with van der Waals surface area (Å²) in [6, 6.07) is -0.524. The molecule has 1 rings (SSSR count). The fourth-order valence-electron chi connectivity index (χ4n) is 0.981. The maximum atomic E-state index is 11.2. The van der Waals surface area contributed by atoms with Crippen molar-refractivity contribution in [3.8, 4) is 0 Å². The molecule has 6 heteroatoms. The van der Waals surface area contributed by atoms with Gasteiger partial charge in [0.15, 0.2) is 0 Å². The van der Waals surface area contributed by atoms with Gasteiger partial charge in [0, 0.05) is 5.38 Å². The lowest BCUT2D eigenvalue weighted by Gasteiger charge is -2.10. The van der Waals surface area contributed by atoms with Gasteiger partial charge in [0.2, 0.25) is 0 Å². The number of thiazole rings is 1. The second-order valence-electron chi connectivity index (χ2n) is 3.27. The topological polar surface area (TPSA) is 74.2 Å². The normalized spacial score (nSPS) is 12.2. The molecule has 0 saturated heterocycles. The van der Waals surface area contributed by atoms with Crippen LogP contribution in [0.5, 0.6) is 0 Å². The fourth-order valence-corrected chi connectivity index (χ4v) is 1.59. The number of aliphatic hydroxyl groups is 1. The number of hydrogen-bond donors (Lipinski definition) is 3. The molecule has 0 bridgehead atoms. The van der Waals surface area contributed by atoms with Crippen molar-refractivity contribution in [1.82, 2.24) is 15.6 Å². The Labute approximate surface area is 92.5 Å². The Bertz CT molecular complexity index is 327. The number of carbonyl (C=O) groups is 1. The Hall–Kier alpha value is -1.14. The molecule has 84 valence electrons. The molecular formula is C9H15N3O2S. The summed E-state index contributed by atoms with van der Waals surface area (Å²) in [5.74, 6) is 0. The highest BCUT2D eigenvalue weighted by atomic mass is 32.1. The largest absolute Gasteiger partial charge is 0.394 e. The van der Waals surface area contributed by atoms with Crippen molar-refractivity contribution in [2.24, 2.45) is 0 Å². The summed E-state index contributed by atoms with van der Waals surface area (Å²) >= 11 is 1.55. The van der Waals surface area contributed by atoms with Gasteiger partial charge in [0.05, 0.1) is 29.9 Å². The average Bonchev–Trinajstić information content (AvgIpc) is 2.61. The third-order valence-electron chi connectivity index (χ3n) is 1.75. The van der Waals surface area contributed by atoms with Crippen LogP contribution in [0.4, 0.5) is 4.79 Å². The van der Waals surface area contributed by atoms with E-state index < -0.39 is 0 Å². The number of hydrogen-bond acceptors (Lipinski definition) is 4. The van der Waals surface area contributed by atoms with Crippen molar-refractivity contribution < 1.29 is 9.90 Å². The van der Waals surface area contributed by atoms with E-state index in [4.69, 9.17) is 5.11 Å². The molecule has 5 nitrogen and oxygen atoms in total. The first-order valence-corrected chi connectivity index (χ1v) is 5.56. The predicted octanol–water partition coefficient (Wildman–Crippen LogP) is 0.632. The molecule has 1 unspecified atom stereocenters. The van der Waals surface area contributed by atoms with E-state index >= 15 is 0 Å². The van der Waals surface area contributed by atoms with E-state index in [9.17, 15) is 4.79 Å². The standard InChI is InChI=1S/C9H15N3O2S/c1-6(4-13)11-9(14)10-3-8-5-15-7(2)12-8/h5-6,13H,3-4H2,1-2H3,(H2,10,11,14). The maximum absolute atomic E-state index is 11.2. The van der Waals surface area contributed by atoms with Gasteiger partial charge in [-0.3, -0.25) is 0 Å². The van der Waals surface area contributed by atoms with Crippen LogP contribution in [0.3, 0.4) is 0 Å². The van der Waals surface area contributed by atoms with E-state index in [1.165, 1.54) is 0 Å². The van der Waals surface area contributed by atoms with Crippen molar-refractivity contribution in [1.29, 1.82) is 0 Å². The highest BCUT2D eigenvalue weighted by molar-refractivity contribution is 7.09. The molecule has 0 spiro atoms. The van der Waals surface area contributed by atoms with Gasteiger partial charge >= 0.3 is 6.03 Å². The maximum Gasteiger partial charge on any atom is 0.315 e. The lowest BCUT2D eigenvalue weighted by Crippen LogP contribution is -2.41. The minimum absolute atomic E-state index is 0.0662. The number of urea groups is 1. The molecule has 0 aliphatic carbocycles. The van der Waals surface area contributed by atoms with E-state index in [-0.39, 0.29) is 18.7 Å². The SMILES string of the molecule is Cc1nc(CNC(=O)NC(C)CO)cs1. The Balaban J connectivity index is 2.28. The van der Waals surface area contributed by atoms with Crippen molar-refractivity contribution >= 4 is 17.4 Å². The number of carbonyl (C=O) groups excluding carboxylic acids is 1. The molecule has 0 aliphatic heterocycles. The Morgan fingerprint density at radius 3 is 3.00 bits per heavy atom. The highest BCUT2D eigenvalue weighted by Gasteiger charge is 2.05. The van der Waals surface area contributed by atoms with Crippen molar-refractivity contribution in [3.63, 3.8) is 0 Å². The van der Waals surface area contributed by atoms with E-state index in [2.05, 4.69) is 15.6 Å². The Morgan fingerprint density at radius 2 is 2.47 bits per heavy atom. The van der Waals surface area contributed by atoms with Gasteiger partial charge in [-0.2, -0.15) is 0 Å². The molecule has 1 atom stereocenters. The van der Waals surface area contributed by atoms with Gasteiger partial charge in [0.1, 0.15) is 0 Å². The van der Waals surface area contributed by atoms with E-state index in [0.717, 1.165) is 10.7 Å². The average molecular weight is 229 g/mol. The molecule has 1 aromatic heterocycles. The van der Waals surface area contributed by atoms with Crippen LogP contribution >= 0.6 is 11.3 Å². The summed E-state index contributed by atoms with van der Waals surface area (Å²) < 4.78 is 0. The molecule has 3 N–H and O–H groups in total. The summed E-state index contributed by atoms with van der Waals surface area (Å²) in [6.07, 6.45) is 0. The van der Waals surface area contributed by atoms with E-state index in [0.29, 0.717) is 6.54 Å². The number of aromatic nitrogens is 1. The number of rotatable bonds is 4. The van der Waals surface area contributed by atoms with Crippen LogP contribution in [0.25, 0.3) is 0 Å². The fraction of sp³-hybridized carbons (Fsp3) is 0.556. The molecular weight excluding hydrogens is 214 g/mol. The zero-order chi connectivity index (χ0) is 11.3. The third-order valence-corrected chi connectivity index (χ3v) is 2.57. The first-order chi connectivity index (χ1) is 7.11. The van der Waals surface area contributed by atoms with Crippen LogP contribution in [0, 0.1) is 6.92 Å². The molecule has 0 radical (unpaired) electrons. The van der Waals surface area contributed by atoms with Crippen LogP contribution in [0.15, 0.2) is 5.38 Å². The minimum Gasteiger partial charge on any atom is -0.394 e. The van der Waals surface area contributed by atoms with Gasteiger partial charge in [-0.25, -0.2) is 9.78 Å². The quantitative estimate of drug-likeness (QED) is 0.709. The van der Waals surface area contributed by atoms with Crippen molar-refractivity contribution in [2.75, 3.05) is 6.61 Å². The van der Waals surface area contributed by atoms with Crippen molar-refractivity contribution in [2.45, 2.75) is 26.4 Å². The van der Waals surface area contributed by atoms with Gasteiger partial charge < -0.3 is 15.7 Å². The molecule has 0 fully saturated rings. The minimum atomic E-state index is -0.290. The first kappa shape index (κ1) is 11.9. The van der Waals surface area contributed by atoms with Crippen LogP contribution in [-0.2, 0) is 6.54 Å². The van der Waals surface area contributed by atoms with E-state index in [1.807, 2.05) is 12.3 Å². The number of amides is 2. The smallest absolute Gasteiger partial charge is 0.315 e. The summed E-state index contributed by atoms with van der Waals surface area (Å²) in [5.41, 5.74) is 0.851. The monoisotopic (exact) mass is 229 g/mol. The number of aryl methyl sites for hydroxylation is 1. The highest BCUT2D eigenvalue weighted by Crippen LogP contribution is 2.06. The first-order valence-electron chi connectivity index (χ1n) is 4.68. The Morgan fingerprint density at radius 1 is 1.73 bits per heavy atom. The summed E-state index contributed by atoms with van der Waals surface area (Å²) in [6.45, 7) is 3.99. The molecule has 1 aromatic rings. The molecule has 0 aliphatic rings. The van der Waals surface area contributed by atoms with Crippen molar-refractivity contribution in [3.05, 3.63) is 16.1 Å². The second-order valence-corrected chi connectivity index (χ2v) is 4.33. The predicted molar refractivity (Wildman–Crippen MR) is 58.8 cm³/mol. The number of nitrogens with zero attached hydrogens (tertiary/aromatic N) is 1. The molecule has 0 saturated carbocycles. The Kier molecular flexibility index (Phi) is 4.51. The van der Waals surface area contributed by atoms with Gasteiger partial charge in [-0.1, -0.05) is 0 Å². The zero-order valence-corrected chi connectivity index (χ0v) is 9.60. The molecule has 2 amide bonds. The van der Waals surface area contributed by atoms with Gasteiger partial charge in [-0.15, -0.1) is 11.3 Å². The van der Waals surface area contributed by atoms with Gasteiger partial charge in [0.25, 0.3) is 0 Å². The van der Waals surface area contributed by atoms with Crippen LogP contribution in [-0.4, -0.2) is 28.8 Å². The lowest BCUT2D eigenvalue weighted by molar-refractivity contribution is 0.220. The van der Waals surface area contributed by atoms with Crippen LogP contribution < -0.4 is 10.6 Å².